The molecule has 0 amide bonds. The van der Waals surface area contributed by atoms with E-state index in [0.717, 1.165) is 23.3 Å². The Hall–Kier alpha value is -3.62. The lowest BCUT2D eigenvalue weighted by molar-refractivity contribution is -0.384. The van der Waals surface area contributed by atoms with Gasteiger partial charge in [-0.05, 0) is 35.9 Å². The molecule has 1 aromatic heterocycles. The van der Waals surface area contributed by atoms with Crippen LogP contribution in [-0.4, -0.2) is 9.91 Å². The van der Waals surface area contributed by atoms with Crippen molar-refractivity contribution >= 4 is 11.4 Å². The number of nitro benzene ring substituents is 1. The van der Waals surface area contributed by atoms with Gasteiger partial charge in [0.1, 0.15) is 18.0 Å². The van der Waals surface area contributed by atoms with Crippen LogP contribution in [0.5, 0.6) is 5.75 Å². The van der Waals surface area contributed by atoms with Crippen LogP contribution < -0.4 is 10.1 Å². The van der Waals surface area contributed by atoms with Crippen molar-refractivity contribution in [2.24, 2.45) is 0 Å². The average molecular weight is 403 g/mol. The molecule has 0 fully saturated rings. The standard InChI is InChI=1S/C20H16F3N3O3/c21-20(22,23)16-5-8-18(19(10-16)26(27)28)25-12-14-3-6-17(7-4-14)29-13-15-2-1-9-24-11-15/h1-11,25H,12-13H2. The van der Waals surface area contributed by atoms with Crippen molar-refractivity contribution in [2.75, 3.05) is 5.32 Å². The zero-order valence-electron chi connectivity index (χ0n) is 15.0. The van der Waals surface area contributed by atoms with Gasteiger partial charge in [0.25, 0.3) is 5.69 Å². The number of ether oxygens (including phenoxy) is 1. The molecule has 0 aliphatic carbocycles. The summed E-state index contributed by atoms with van der Waals surface area (Å²) in [6, 6.07) is 13.1. The Morgan fingerprint density at radius 1 is 1.07 bits per heavy atom. The molecule has 3 aromatic rings. The van der Waals surface area contributed by atoms with E-state index in [1.54, 1.807) is 36.7 Å². The average Bonchev–Trinajstić information content (AvgIpc) is 2.71. The molecular weight excluding hydrogens is 387 g/mol. The van der Waals surface area contributed by atoms with Gasteiger partial charge in [-0.1, -0.05) is 18.2 Å². The second-order valence-electron chi connectivity index (χ2n) is 6.13. The van der Waals surface area contributed by atoms with Crippen LogP contribution in [0.25, 0.3) is 0 Å². The Morgan fingerprint density at radius 3 is 2.45 bits per heavy atom. The van der Waals surface area contributed by atoms with Crippen molar-refractivity contribution in [3.63, 3.8) is 0 Å². The van der Waals surface area contributed by atoms with Crippen LogP contribution in [0.4, 0.5) is 24.5 Å². The van der Waals surface area contributed by atoms with Crippen molar-refractivity contribution in [3.05, 3.63) is 93.8 Å². The number of nitrogens with zero attached hydrogens (tertiary/aromatic N) is 2. The van der Waals surface area contributed by atoms with E-state index < -0.39 is 22.4 Å². The van der Waals surface area contributed by atoms with Crippen molar-refractivity contribution in [3.8, 4) is 5.75 Å². The van der Waals surface area contributed by atoms with Gasteiger partial charge in [0.15, 0.2) is 0 Å². The number of alkyl halides is 3. The zero-order valence-corrected chi connectivity index (χ0v) is 15.0. The number of pyridine rings is 1. The van der Waals surface area contributed by atoms with Crippen LogP contribution >= 0.6 is 0 Å². The summed E-state index contributed by atoms with van der Waals surface area (Å²) >= 11 is 0. The summed E-state index contributed by atoms with van der Waals surface area (Å²) in [5, 5.41) is 13.9. The fourth-order valence-corrected chi connectivity index (χ4v) is 2.56. The van der Waals surface area contributed by atoms with Crippen LogP contribution in [-0.2, 0) is 19.3 Å². The second kappa shape index (κ2) is 8.59. The smallest absolute Gasteiger partial charge is 0.416 e. The topological polar surface area (TPSA) is 77.3 Å². The van der Waals surface area contributed by atoms with E-state index in [9.17, 15) is 23.3 Å². The van der Waals surface area contributed by atoms with Crippen LogP contribution in [0.2, 0.25) is 0 Å². The van der Waals surface area contributed by atoms with Gasteiger partial charge in [0, 0.05) is 30.6 Å². The normalized spacial score (nSPS) is 11.1. The number of nitrogens with one attached hydrogen (secondary N) is 1. The fraction of sp³-hybridized carbons (Fsp3) is 0.150. The molecule has 150 valence electrons. The van der Waals surface area contributed by atoms with Crippen LogP contribution in [0, 0.1) is 10.1 Å². The lowest BCUT2D eigenvalue weighted by atomic mass is 10.1. The lowest BCUT2D eigenvalue weighted by Gasteiger charge is -2.11. The van der Waals surface area contributed by atoms with Gasteiger partial charge in [-0.15, -0.1) is 0 Å². The quantitative estimate of drug-likeness (QED) is 0.433. The van der Waals surface area contributed by atoms with E-state index in [4.69, 9.17) is 4.74 Å². The molecule has 1 N–H and O–H groups in total. The van der Waals surface area contributed by atoms with E-state index in [1.165, 1.54) is 0 Å². The van der Waals surface area contributed by atoms with Gasteiger partial charge in [-0.2, -0.15) is 13.2 Å². The summed E-state index contributed by atoms with van der Waals surface area (Å²) in [5.41, 5.74) is 0.0294. The predicted octanol–water partition coefficient (Wildman–Crippen LogP) is 5.20. The minimum Gasteiger partial charge on any atom is -0.489 e. The first-order chi connectivity index (χ1) is 13.8. The Labute approximate surface area is 164 Å². The monoisotopic (exact) mass is 403 g/mol. The summed E-state index contributed by atoms with van der Waals surface area (Å²) in [6.07, 6.45) is -1.27. The van der Waals surface area contributed by atoms with Gasteiger partial charge >= 0.3 is 6.18 Å². The first-order valence-electron chi connectivity index (χ1n) is 8.53. The maximum atomic E-state index is 12.8. The SMILES string of the molecule is O=[N+]([O-])c1cc(C(F)(F)F)ccc1NCc1ccc(OCc2cccnc2)cc1. The first kappa shape index (κ1) is 20.1. The van der Waals surface area contributed by atoms with Crippen molar-refractivity contribution in [1.29, 1.82) is 0 Å². The number of halogens is 3. The summed E-state index contributed by atoms with van der Waals surface area (Å²) < 4.78 is 43.9. The Balaban J connectivity index is 1.63. The maximum absolute atomic E-state index is 12.8. The van der Waals surface area contributed by atoms with E-state index in [-0.39, 0.29) is 12.2 Å². The summed E-state index contributed by atoms with van der Waals surface area (Å²) in [6.45, 7) is 0.568. The minimum atomic E-state index is -4.64. The number of aromatic nitrogens is 1. The second-order valence-corrected chi connectivity index (χ2v) is 6.13. The molecule has 0 saturated heterocycles. The molecule has 1 heterocycles. The highest BCUT2D eigenvalue weighted by molar-refractivity contribution is 5.63. The van der Waals surface area contributed by atoms with E-state index in [1.807, 2.05) is 12.1 Å². The van der Waals surface area contributed by atoms with Crippen LogP contribution in [0.3, 0.4) is 0 Å². The Morgan fingerprint density at radius 2 is 1.83 bits per heavy atom. The number of hydrogen-bond donors (Lipinski definition) is 1. The fourth-order valence-electron chi connectivity index (χ4n) is 2.56. The van der Waals surface area contributed by atoms with E-state index >= 15 is 0 Å². The van der Waals surface area contributed by atoms with E-state index in [0.29, 0.717) is 18.4 Å². The lowest BCUT2D eigenvalue weighted by Crippen LogP contribution is -2.08. The van der Waals surface area contributed by atoms with Gasteiger partial charge < -0.3 is 10.1 Å². The van der Waals surface area contributed by atoms with Gasteiger partial charge in [0.2, 0.25) is 0 Å². The maximum Gasteiger partial charge on any atom is 0.416 e. The first-order valence-corrected chi connectivity index (χ1v) is 8.53. The summed E-state index contributed by atoms with van der Waals surface area (Å²) in [4.78, 5) is 14.3. The molecule has 9 heteroatoms. The number of hydrogen-bond acceptors (Lipinski definition) is 5. The molecule has 0 bridgehead atoms. The molecule has 6 nitrogen and oxygen atoms in total. The number of benzene rings is 2. The Bertz CT molecular complexity index is 978. The van der Waals surface area contributed by atoms with Gasteiger partial charge in [0.05, 0.1) is 10.5 Å². The minimum absolute atomic E-state index is 0.0138. The number of anilines is 1. The Kier molecular flexibility index (Phi) is 5.96. The molecule has 0 saturated carbocycles. The van der Waals surface area contributed by atoms with Gasteiger partial charge in [-0.3, -0.25) is 15.1 Å². The third kappa shape index (κ3) is 5.44. The van der Waals surface area contributed by atoms with Crippen molar-refractivity contribution in [2.45, 2.75) is 19.3 Å². The highest BCUT2D eigenvalue weighted by Gasteiger charge is 2.33. The number of rotatable bonds is 7. The molecular formula is C20H16F3N3O3. The van der Waals surface area contributed by atoms with Crippen LogP contribution in [0.15, 0.2) is 67.0 Å². The van der Waals surface area contributed by atoms with Crippen molar-refractivity contribution < 1.29 is 22.8 Å². The molecule has 29 heavy (non-hydrogen) atoms. The van der Waals surface area contributed by atoms with Gasteiger partial charge in [-0.25, -0.2) is 0 Å². The molecule has 0 radical (unpaired) electrons. The summed E-state index contributed by atoms with van der Waals surface area (Å²) in [5.74, 6) is 0.637. The molecule has 0 aliphatic rings. The zero-order chi connectivity index (χ0) is 20.9. The molecule has 0 unspecified atom stereocenters. The third-order valence-electron chi connectivity index (χ3n) is 4.06. The molecule has 0 aliphatic heterocycles. The largest absolute Gasteiger partial charge is 0.489 e. The predicted molar refractivity (Wildman–Crippen MR) is 100 cm³/mol. The molecule has 0 atom stereocenters. The summed E-state index contributed by atoms with van der Waals surface area (Å²) in [7, 11) is 0. The highest BCUT2D eigenvalue weighted by atomic mass is 19.4. The van der Waals surface area contributed by atoms with Crippen LogP contribution in [0.1, 0.15) is 16.7 Å². The van der Waals surface area contributed by atoms with E-state index in [2.05, 4.69) is 10.3 Å². The third-order valence-corrected chi connectivity index (χ3v) is 4.06. The molecule has 3 rings (SSSR count). The molecule has 2 aromatic carbocycles. The van der Waals surface area contributed by atoms with Crippen molar-refractivity contribution in [1.82, 2.24) is 4.98 Å². The molecule has 0 spiro atoms. The number of nitro groups is 1. The highest BCUT2D eigenvalue weighted by Crippen LogP contribution is 2.35.